The molecule has 8 nitrogen and oxygen atoms in total. The average Bonchev–Trinajstić information content (AvgIpc) is 3.01. The number of imide groups is 1. The summed E-state index contributed by atoms with van der Waals surface area (Å²) < 4.78 is 23.3. The molecule has 3 rings (SSSR count). The summed E-state index contributed by atoms with van der Waals surface area (Å²) in [7, 11) is -3.18. The number of hydrogen-bond acceptors (Lipinski definition) is 5. The number of amides is 4. The summed E-state index contributed by atoms with van der Waals surface area (Å²) in [6, 6.07) is 9.02. The minimum atomic E-state index is -3.18. The summed E-state index contributed by atoms with van der Waals surface area (Å²) in [5, 5.41) is 5.36. The Kier molecular flexibility index (Phi) is 5.22. The van der Waals surface area contributed by atoms with Gasteiger partial charge in [-0.25, -0.2) is 13.2 Å². The number of carbonyl (C=O) groups excluding carboxylic acids is 3. The van der Waals surface area contributed by atoms with E-state index < -0.39 is 45.3 Å². The SMILES string of the molecule is C[C@]1(NC(=O)CN2C(=O)N[C@](C)(CCc3ccccc3)C2=O)CCS(=O)(=O)C1. The maximum atomic E-state index is 12.8. The third kappa shape index (κ3) is 4.35. The van der Waals surface area contributed by atoms with Gasteiger partial charge < -0.3 is 10.6 Å². The van der Waals surface area contributed by atoms with Crippen LogP contribution < -0.4 is 10.6 Å². The van der Waals surface area contributed by atoms with Gasteiger partial charge >= 0.3 is 6.03 Å². The topological polar surface area (TPSA) is 113 Å². The largest absolute Gasteiger partial charge is 0.348 e. The minimum absolute atomic E-state index is 0.0183. The molecule has 152 valence electrons. The number of hydrogen-bond donors (Lipinski definition) is 2. The van der Waals surface area contributed by atoms with Gasteiger partial charge in [-0.3, -0.25) is 14.5 Å². The number of aryl methyl sites for hydroxylation is 1. The summed E-state index contributed by atoms with van der Waals surface area (Å²) in [6.45, 7) is 2.88. The quantitative estimate of drug-likeness (QED) is 0.672. The molecule has 0 aliphatic carbocycles. The first-order valence-electron chi connectivity index (χ1n) is 9.21. The van der Waals surface area contributed by atoms with Gasteiger partial charge in [0.15, 0.2) is 9.84 Å². The summed E-state index contributed by atoms with van der Waals surface area (Å²) in [5.41, 5.74) is -0.892. The van der Waals surface area contributed by atoms with Crippen molar-refractivity contribution in [3.05, 3.63) is 35.9 Å². The Labute approximate surface area is 164 Å². The van der Waals surface area contributed by atoms with Crippen molar-refractivity contribution in [1.82, 2.24) is 15.5 Å². The van der Waals surface area contributed by atoms with Crippen LogP contribution in [0.15, 0.2) is 30.3 Å². The highest BCUT2D eigenvalue weighted by Crippen LogP contribution is 2.25. The van der Waals surface area contributed by atoms with Crippen molar-refractivity contribution < 1.29 is 22.8 Å². The molecule has 0 spiro atoms. The fourth-order valence-electron chi connectivity index (χ4n) is 3.73. The molecule has 2 aliphatic rings. The Balaban J connectivity index is 1.61. The molecule has 9 heteroatoms. The van der Waals surface area contributed by atoms with Gasteiger partial charge in [-0.05, 0) is 38.7 Å². The van der Waals surface area contributed by atoms with E-state index in [0.717, 1.165) is 10.5 Å². The van der Waals surface area contributed by atoms with Crippen LogP contribution in [0.2, 0.25) is 0 Å². The van der Waals surface area contributed by atoms with Crippen LogP contribution in [-0.2, 0) is 25.8 Å². The van der Waals surface area contributed by atoms with E-state index in [0.29, 0.717) is 19.3 Å². The highest BCUT2D eigenvalue weighted by atomic mass is 32.2. The number of rotatable bonds is 6. The van der Waals surface area contributed by atoms with Crippen molar-refractivity contribution in [1.29, 1.82) is 0 Å². The average molecular weight is 407 g/mol. The second-order valence-electron chi connectivity index (χ2n) is 8.09. The zero-order chi connectivity index (χ0) is 20.6. The molecule has 0 radical (unpaired) electrons. The van der Waals surface area contributed by atoms with Crippen LogP contribution in [0.25, 0.3) is 0 Å². The van der Waals surface area contributed by atoms with Gasteiger partial charge in [0.2, 0.25) is 5.91 Å². The van der Waals surface area contributed by atoms with Gasteiger partial charge in [0, 0.05) is 0 Å². The third-order valence-electron chi connectivity index (χ3n) is 5.35. The van der Waals surface area contributed by atoms with Crippen LogP contribution in [0.1, 0.15) is 32.3 Å². The Morgan fingerprint density at radius 2 is 1.89 bits per heavy atom. The molecular weight excluding hydrogens is 382 g/mol. The molecule has 2 fully saturated rings. The summed E-state index contributed by atoms with van der Waals surface area (Å²) in [4.78, 5) is 38.3. The Bertz CT molecular complexity index is 901. The van der Waals surface area contributed by atoms with Gasteiger partial charge in [-0.2, -0.15) is 0 Å². The van der Waals surface area contributed by atoms with Crippen LogP contribution in [0, 0.1) is 0 Å². The van der Waals surface area contributed by atoms with E-state index in [2.05, 4.69) is 10.6 Å². The Morgan fingerprint density at radius 3 is 2.50 bits per heavy atom. The molecule has 2 heterocycles. The van der Waals surface area contributed by atoms with Gasteiger partial charge in [0.25, 0.3) is 5.91 Å². The second kappa shape index (κ2) is 7.20. The molecule has 4 amide bonds. The van der Waals surface area contributed by atoms with Crippen molar-refractivity contribution >= 4 is 27.7 Å². The minimum Gasteiger partial charge on any atom is -0.348 e. The molecule has 0 bridgehead atoms. The van der Waals surface area contributed by atoms with E-state index in [4.69, 9.17) is 0 Å². The number of benzene rings is 1. The lowest BCUT2D eigenvalue weighted by Crippen LogP contribution is -2.51. The van der Waals surface area contributed by atoms with E-state index in [1.165, 1.54) is 0 Å². The van der Waals surface area contributed by atoms with Crippen LogP contribution in [0.4, 0.5) is 4.79 Å². The monoisotopic (exact) mass is 407 g/mol. The molecule has 0 aromatic heterocycles. The van der Waals surface area contributed by atoms with Crippen molar-refractivity contribution in [3.8, 4) is 0 Å². The van der Waals surface area contributed by atoms with Crippen molar-refractivity contribution in [2.75, 3.05) is 18.1 Å². The summed E-state index contributed by atoms with van der Waals surface area (Å²) in [5.74, 6) is -1.12. The first kappa shape index (κ1) is 20.3. The number of sulfone groups is 1. The summed E-state index contributed by atoms with van der Waals surface area (Å²) in [6.07, 6.45) is 1.34. The van der Waals surface area contributed by atoms with E-state index >= 15 is 0 Å². The molecule has 2 aliphatic heterocycles. The molecule has 2 N–H and O–H groups in total. The lowest BCUT2D eigenvalue weighted by Gasteiger charge is -2.25. The van der Waals surface area contributed by atoms with E-state index in [9.17, 15) is 22.8 Å². The molecule has 2 saturated heterocycles. The number of nitrogens with zero attached hydrogens (tertiary/aromatic N) is 1. The molecule has 2 atom stereocenters. The van der Waals surface area contributed by atoms with E-state index in [-0.39, 0.29) is 11.5 Å². The third-order valence-corrected chi connectivity index (χ3v) is 7.25. The van der Waals surface area contributed by atoms with Crippen molar-refractivity contribution in [2.24, 2.45) is 0 Å². The Morgan fingerprint density at radius 1 is 1.21 bits per heavy atom. The molecule has 0 unspecified atom stereocenters. The Hall–Kier alpha value is -2.42. The zero-order valence-electron chi connectivity index (χ0n) is 16.0. The number of carbonyl (C=O) groups is 3. The van der Waals surface area contributed by atoms with Gasteiger partial charge in [-0.1, -0.05) is 30.3 Å². The maximum Gasteiger partial charge on any atom is 0.325 e. The lowest BCUT2D eigenvalue weighted by molar-refractivity contribution is -0.135. The zero-order valence-corrected chi connectivity index (χ0v) is 16.8. The van der Waals surface area contributed by atoms with Gasteiger partial charge in [-0.15, -0.1) is 0 Å². The van der Waals surface area contributed by atoms with Crippen LogP contribution in [0.5, 0.6) is 0 Å². The second-order valence-corrected chi connectivity index (χ2v) is 10.3. The van der Waals surface area contributed by atoms with E-state index in [1.807, 2.05) is 30.3 Å². The van der Waals surface area contributed by atoms with Gasteiger partial charge in [0.1, 0.15) is 12.1 Å². The molecule has 1 aromatic rings. The number of nitrogens with one attached hydrogen (secondary N) is 2. The van der Waals surface area contributed by atoms with E-state index in [1.54, 1.807) is 13.8 Å². The normalized spacial score (nSPS) is 29.0. The van der Waals surface area contributed by atoms with Gasteiger partial charge in [0.05, 0.1) is 17.0 Å². The predicted molar refractivity (Wildman–Crippen MR) is 103 cm³/mol. The van der Waals surface area contributed by atoms with Crippen LogP contribution >= 0.6 is 0 Å². The smallest absolute Gasteiger partial charge is 0.325 e. The fourth-order valence-corrected chi connectivity index (χ4v) is 5.82. The summed E-state index contributed by atoms with van der Waals surface area (Å²) >= 11 is 0. The first-order valence-corrected chi connectivity index (χ1v) is 11.0. The predicted octanol–water partition coefficient (Wildman–Crippen LogP) is 0.623. The molecule has 0 saturated carbocycles. The molecular formula is C19H25N3O5S. The standard InChI is InChI=1S/C19H25N3O5S/c1-18(10-11-28(26,27)13-18)20-15(23)12-22-16(24)19(2,21-17(22)25)9-8-14-6-4-3-5-7-14/h3-7H,8-13H2,1-2H3,(H,20,23)(H,21,25)/t18-,19+/m0/s1. The molecule has 1 aromatic carbocycles. The van der Waals surface area contributed by atoms with Crippen LogP contribution in [0.3, 0.4) is 0 Å². The van der Waals surface area contributed by atoms with Crippen LogP contribution in [-0.4, -0.2) is 60.3 Å². The fraction of sp³-hybridized carbons (Fsp3) is 0.526. The molecule has 28 heavy (non-hydrogen) atoms. The van der Waals surface area contributed by atoms with Crippen molar-refractivity contribution in [2.45, 2.75) is 44.2 Å². The highest BCUT2D eigenvalue weighted by molar-refractivity contribution is 7.91. The number of urea groups is 1. The maximum absolute atomic E-state index is 12.8. The first-order chi connectivity index (χ1) is 13.0. The highest BCUT2D eigenvalue weighted by Gasteiger charge is 2.48. The lowest BCUT2D eigenvalue weighted by atomic mass is 9.93. The van der Waals surface area contributed by atoms with Crippen molar-refractivity contribution in [3.63, 3.8) is 0 Å².